The molecule has 3 aromatic rings. The Labute approximate surface area is 191 Å². The summed E-state index contributed by atoms with van der Waals surface area (Å²) in [6.07, 6.45) is 2.35. The van der Waals surface area contributed by atoms with Gasteiger partial charge in [-0.3, -0.25) is 0 Å². The molecule has 0 unspecified atom stereocenters. The fourth-order valence-electron chi connectivity index (χ4n) is 3.84. The molecule has 0 amide bonds. The van der Waals surface area contributed by atoms with Crippen LogP contribution in [0.15, 0.2) is 65.6 Å². The van der Waals surface area contributed by atoms with Crippen LogP contribution < -0.4 is 9.62 Å². The van der Waals surface area contributed by atoms with Gasteiger partial charge >= 0.3 is 0 Å². The SMILES string of the molecule is O=S(=O)(NCCCN1c2ccccc2CCc2ccc(Cl)cc21)c1ccc(Cl)cc1F. The van der Waals surface area contributed by atoms with Crippen molar-refractivity contribution in [2.24, 2.45) is 0 Å². The number of rotatable bonds is 6. The maximum Gasteiger partial charge on any atom is 0.243 e. The van der Waals surface area contributed by atoms with Gasteiger partial charge in [0, 0.05) is 34.5 Å². The molecule has 0 fully saturated rings. The van der Waals surface area contributed by atoms with Gasteiger partial charge in [-0.1, -0.05) is 47.5 Å². The maximum atomic E-state index is 14.0. The zero-order chi connectivity index (χ0) is 22.0. The number of halogens is 3. The van der Waals surface area contributed by atoms with Gasteiger partial charge in [0.2, 0.25) is 10.0 Å². The van der Waals surface area contributed by atoms with Gasteiger partial charge in [0.05, 0.1) is 0 Å². The van der Waals surface area contributed by atoms with E-state index in [1.54, 1.807) is 0 Å². The zero-order valence-corrected chi connectivity index (χ0v) is 18.9. The molecule has 0 radical (unpaired) electrons. The zero-order valence-electron chi connectivity index (χ0n) is 16.6. The summed E-state index contributed by atoms with van der Waals surface area (Å²) in [6, 6.07) is 17.6. The Hall–Kier alpha value is -2.12. The lowest BCUT2D eigenvalue weighted by molar-refractivity contribution is 0.555. The van der Waals surface area contributed by atoms with Crippen LogP contribution in [0.25, 0.3) is 0 Å². The average molecular weight is 479 g/mol. The smallest absolute Gasteiger partial charge is 0.243 e. The lowest BCUT2D eigenvalue weighted by atomic mass is 10.0. The molecule has 0 bridgehead atoms. The van der Waals surface area contributed by atoms with Crippen molar-refractivity contribution in [2.45, 2.75) is 24.2 Å². The number of anilines is 2. The Bertz CT molecular complexity index is 1220. The first kappa shape index (κ1) is 22.1. The van der Waals surface area contributed by atoms with E-state index in [2.05, 4.69) is 21.8 Å². The third kappa shape index (κ3) is 4.88. The Morgan fingerprint density at radius 3 is 2.35 bits per heavy atom. The van der Waals surface area contributed by atoms with Crippen LogP contribution >= 0.6 is 23.2 Å². The number of nitrogens with zero attached hydrogens (tertiary/aromatic N) is 1. The predicted octanol–water partition coefficient (Wildman–Crippen LogP) is 5.74. The largest absolute Gasteiger partial charge is 0.341 e. The summed E-state index contributed by atoms with van der Waals surface area (Å²) in [7, 11) is -3.97. The van der Waals surface area contributed by atoms with E-state index in [-0.39, 0.29) is 11.6 Å². The number of sulfonamides is 1. The van der Waals surface area contributed by atoms with Crippen LogP contribution in [-0.2, 0) is 22.9 Å². The van der Waals surface area contributed by atoms with E-state index in [9.17, 15) is 12.8 Å². The molecule has 162 valence electrons. The highest BCUT2D eigenvalue weighted by Crippen LogP contribution is 2.37. The molecule has 1 heterocycles. The van der Waals surface area contributed by atoms with Crippen LogP contribution in [0, 0.1) is 5.82 Å². The summed E-state index contributed by atoms with van der Waals surface area (Å²) in [5.74, 6) is -0.870. The van der Waals surface area contributed by atoms with Crippen LogP contribution in [0.4, 0.5) is 15.8 Å². The van der Waals surface area contributed by atoms with Gasteiger partial charge < -0.3 is 4.90 Å². The van der Waals surface area contributed by atoms with Crippen molar-refractivity contribution in [3.05, 3.63) is 87.7 Å². The summed E-state index contributed by atoms with van der Waals surface area (Å²) in [4.78, 5) is 1.77. The van der Waals surface area contributed by atoms with E-state index in [1.807, 2.05) is 30.3 Å². The monoisotopic (exact) mass is 478 g/mol. The standard InChI is InChI=1S/C23H21Cl2FN2O2S/c24-18-10-11-23(20(26)14-18)31(29,30)27-12-3-13-28-21-5-2-1-4-16(21)6-7-17-8-9-19(25)15-22(17)28/h1-2,4-5,8-11,14-15,27H,3,6-7,12-13H2. The number of benzene rings is 3. The first-order valence-corrected chi connectivity index (χ1v) is 12.2. The second-order valence-corrected chi connectivity index (χ2v) is 9.99. The van der Waals surface area contributed by atoms with Crippen LogP contribution in [0.5, 0.6) is 0 Å². The van der Waals surface area contributed by atoms with Crippen molar-refractivity contribution in [2.75, 3.05) is 18.0 Å². The summed E-state index contributed by atoms with van der Waals surface area (Å²) < 4.78 is 41.5. The number of hydrogen-bond donors (Lipinski definition) is 1. The first-order chi connectivity index (χ1) is 14.8. The van der Waals surface area contributed by atoms with Crippen molar-refractivity contribution in [3.8, 4) is 0 Å². The van der Waals surface area contributed by atoms with E-state index in [1.165, 1.54) is 23.3 Å². The predicted molar refractivity (Wildman–Crippen MR) is 124 cm³/mol. The van der Waals surface area contributed by atoms with Gasteiger partial charge in [-0.15, -0.1) is 0 Å². The molecule has 0 saturated carbocycles. The molecular formula is C23H21Cl2FN2O2S. The van der Waals surface area contributed by atoms with Gasteiger partial charge in [0.1, 0.15) is 10.7 Å². The first-order valence-electron chi connectivity index (χ1n) is 9.94. The van der Waals surface area contributed by atoms with Crippen LogP contribution in [0.1, 0.15) is 17.5 Å². The van der Waals surface area contributed by atoms with Gasteiger partial charge in [-0.25, -0.2) is 17.5 Å². The van der Waals surface area contributed by atoms with Gasteiger partial charge in [-0.2, -0.15) is 0 Å². The normalized spacial score (nSPS) is 13.5. The molecule has 0 atom stereocenters. The maximum absolute atomic E-state index is 14.0. The molecule has 0 aliphatic carbocycles. The summed E-state index contributed by atoms with van der Waals surface area (Å²) in [6.45, 7) is 0.745. The van der Waals surface area contributed by atoms with Gasteiger partial charge in [-0.05, 0) is 66.8 Å². The minimum Gasteiger partial charge on any atom is -0.341 e. The highest BCUT2D eigenvalue weighted by molar-refractivity contribution is 7.89. The molecule has 3 aromatic carbocycles. The Balaban J connectivity index is 1.51. The van der Waals surface area contributed by atoms with Crippen molar-refractivity contribution in [3.63, 3.8) is 0 Å². The van der Waals surface area contributed by atoms with E-state index >= 15 is 0 Å². The van der Waals surface area contributed by atoms with E-state index < -0.39 is 20.7 Å². The van der Waals surface area contributed by atoms with Gasteiger partial charge in [0.15, 0.2) is 0 Å². The lowest BCUT2D eigenvalue weighted by Crippen LogP contribution is -2.29. The van der Waals surface area contributed by atoms with E-state index in [0.717, 1.165) is 30.3 Å². The second kappa shape index (κ2) is 9.17. The molecule has 0 spiro atoms. The molecule has 1 aliphatic rings. The topological polar surface area (TPSA) is 49.4 Å². The third-order valence-corrected chi connectivity index (χ3v) is 7.28. The van der Waals surface area contributed by atoms with Crippen molar-refractivity contribution in [1.82, 2.24) is 4.72 Å². The van der Waals surface area contributed by atoms with Crippen LogP contribution in [-0.4, -0.2) is 21.5 Å². The molecule has 1 N–H and O–H groups in total. The highest BCUT2D eigenvalue weighted by Gasteiger charge is 2.22. The van der Waals surface area contributed by atoms with Crippen LogP contribution in [0.3, 0.4) is 0 Å². The number of fused-ring (bicyclic) bond motifs is 2. The minimum atomic E-state index is -3.97. The molecular weight excluding hydrogens is 458 g/mol. The molecule has 4 nitrogen and oxygen atoms in total. The number of para-hydroxylation sites is 1. The lowest BCUT2D eigenvalue weighted by Gasteiger charge is -2.27. The fourth-order valence-corrected chi connectivity index (χ4v) is 5.30. The average Bonchev–Trinajstić information content (AvgIpc) is 2.87. The molecule has 0 aromatic heterocycles. The second-order valence-electron chi connectivity index (χ2n) is 7.38. The molecule has 8 heteroatoms. The number of nitrogens with one attached hydrogen (secondary N) is 1. The van der Waals surface area contributed by atoms with Crippen molar-refractivity contribution < 1.29 is 12.8 Å². The number of aryl methyl sites for hydroxylation is 2. The quantitative estimate of drug-likeness (QED) is 0.459. The Morgan fingerprint density at radius 2 is 1.58 bits per heavy atom. The summed E-state index contributed by atoms with van der Waals surface area (Å²) in [5, 5.41) is 0.802. The van der Waals surface area contributed by atoms with Crippen molar-refractivity contribution >= 4 is 44.6 Å². The van der Waals surface area contributed by atoms with Gasteiger partial charge in [0.25, 0.3) is 0 Å². The molecule has 0 saturated heterocycles. The fraction of sp³-hybridized carbons (Fsp3) is 0.217. The third-order valence-electron chi connectivity index (χ3n) is 5.32. The highest BCUT2D eigenvalue weighted by atomic mass is 35.5. The van der Waals surface area contributed by atoms with E-state index in [0.29, 0.717) is 18.0 Å². The number of hydrogen-bond acceptors (Lipinski definition) is 3. The summed E-state index contributed by atoms with van der Waals surface area (Å²) >= 11 is 12.0. The summed E-state index contributed by atoms with van der Waals surface area (Å²) in [5.41, 5.74) is 4.56. The van der Waals surface area contributed by atoms with Crippen molar-refractivity contribution in [1.29, 1.82) is 0 Å². The minimum absolute atomic E-state index is 0.147. The van der Waals surface area contributed by atoms with E-state index in [4.69, 9.17) is 23.2 Å². The molecule has 31 heavy (non-hydrogen) atoms. The Kier molecular flexibility index (Phi) is 6.53. The molecule has 1 aliphatic heterocycles. The van der Waals surface area contributed by atoms with Crippen LogP contribution in [0.2, 0.25) is 10.0 Å². The Morgan fingerprint density at radius 1 is 0.903 bits per heavy atom. The molecule has 4 rings (SSSR count).